The van der Waals surface area contributed by atoms with Gasteiger partial charge in [0.25, 0.3) is 0 Å². The van der Waals surface area contributed by atoms with Gasteiger partial charge in [0.1, 0.15) is 16.3 Å². The Labute approximate surface area is 160 Å². The minimum absolute atomic E-state index is 0.00828. The summed E-state index contributed by atoms with van der Waals surface area (Å²) in [6, 6.07) is 8.84. The van der Waals surface area contributed by atoms with Crippen LogP contribution in [0.15, 0.2) is 56.3 Å². The number of amides is 2. The van der Waals surface area contributed by atoms with Crippen LogP contribution in [0.2, 0.25) is 0 Å². The Kier molecular flexibility index (Phi) is 7.95. The number of ether oxygens (including phenoxy) is 1. The molecule has 0 aliphatic heterocycles. The van der Waals surface area contributed by atoms with Crippen molar-refractivity contribution in [3.8, 4) is 0 Å². The summed E-state index contributed by atoms with van der Waals surface area (Å²) in [6.07, 6.45) is 0.970. The lowest BCUT2D eigenvalue weighted by atomic mass is 10.2. The zero-order valence-corrected chi connectivity index (χ0v) is 15.8. The molecule has 0 bridgehead atoms. The number of benzene rings is 1. The molecule has 0 unspecified atom stereocenters. The Morgan fingerprint density at radius 1 is 1.32 bits per heavy atom. The summed E-state index contributed by atoms with van der Waals surface area (Å²) >= 11 is 3.02. The number of nitrogens with zero attached hydrogens (tertiary/aromatic N) is 1. The van der Waals surface area contributed by atoms with E-state index >= 15 is 0 Å². The Bertz CT molecular complexity index is 749. The fraction of sp³-hybridized carbons (Fsp3) is 0.125. The molecule has 2 rings (SSSR count). The van der Waals surface area contributed by atoms with Crippen molar-refractivity contribution in [3.63, 3.8) is 0 Å². The van der Waals surface area contributed by atoms with E-state index < -0.39 is 11.9 Å². The highest BCUT2D eigenvalue weighted by Crippen LogP contribution is 2.15. The average Bonchev–Trinajstić information content (AvgIpc) is 3.08. The number of nitrogens with one attached hydrogen (secondary N) is 2. The molecule has 0 atom stereocenters. The molecule has 0 fully saturated rings. The molecule has 0 aliphatic rings. The van der Waals surface area contributed by atoms with Crippen LogP contribution in [0, 0.1) is 5.82 Å². The van der Waals surface area contributed by atoms with Crippen molar-refractivity contribution in [1.29, 1.82) is 0 Å². The Morgan fingerprint density at radius 2 is 2.08 bits per heavy atom. The molecule has 25 heavy (non-hydrogen) atoms. The molecule has 9 heteroatoms. The maximum atomic E-state index is 13.8. The van der Waals surface area contributed by atoms with Crippen LogP contribution in [-0.2, 0) is 11.3 Å². The Morgan fingerprint density at radius 3 is 2.76 bits per heavy atom. The van der Waals surface area contributed by atoms with Gasteiger partial charge in [0.05, 0.1) is 17.8 Å². The summed E-state index contributed by atoms with van der Waals surface area (Å²) in [4.78, 5) is 15.4. The zero-order chi connectivity index (χ0) is 18.1. The molecule has 1 aromatic heterocycles. The molecule has 2 N–H and O–H groups in total. The number of hydrogen-bond donors (Lipinski definition) is 2. The average molecular weight is 477 g/mol. The van der Waals surface area contributed by atoms with Crippen LogP contribution in [0.25, 0.3) is 0 Å². The molecular weight excluding hydrogens is 463 g/mol. The fourth-order valence-electron chi connectivity index (χ4n) is 1.62. The van der Waals surface area contributed by atoms with Crippen molar-refractivity contribution in [3.05, 3.63) is 62.7 Å². The maximum absolute atomic E-state index is 13.8. The second-order valence-corrected chi connectivity index (χ2v) is 6.66. The van der Waals surface area contributed by atoms with E-state index in [2.05, 4.69) is 15.6 Å². The number of urea groups is 1. The summed E-state index contributed by atoms with van der Waals surface area (Å²) in [5, 5.41) is 7.42. The van der Waals surface area contributed by atoms with Gasteiger partial charge in [0, 0.05) is 0 Å². The Hall–Kier alpha value is -1.85. The number of rotatable bonds is 7. The maximum Gasteiger partial charge on any atom is 0.324 e. The van der Waals surface area contributed by atoms with E-state index in [9.17, 15) is 13.6 Å². The van der Waals surface area contributed by atoms with E-state index in [1.807, 2.05) is 5.38 Å². The summed E-state index contributed by atoms with van der Waals surface area (Å²) in [5.41, 5.74) is 0.786. The van der Waals surface area contributed by atoms with Crippen LogP contribution in [0.5, 0.6) is 0 Å². The van der Waals surface area contributed by atoms with Crippen molar-refractivity contribution >= 4 is 51.2 Å². The second kappa shape index (κ2) is 10.2. The van der Waals surface area contributed by atoms with Crippen LogP contribution < -0.4 is 10.6 Å². The molecule has 0 radical (unpaired) electrons. The summed E-state index contributed by atoms with van der Waals surface area (Å²) < 4.78 is 31.8. The molecule has 132 valence electrons. The smallest absolute Gasteiger partial charge is 0.324 e. The minimum atomic E-state index is -0.688. The molecule has 2 amide bonds. The van der Waals surface area contributed by atoms with Crippen LogP contribution >= 0.6 is 33.9 Å². The first-order valence-corrected chi connectivity index (χ1v) is 8.99. The van der Waals surface area contributed by atoms with Gasteiger partial charge < -0.3 is 4.74 Å². The predicted molar refractivity (Wildman–Crippen MR) is 103 cm³/mol. The van der Waals surface area contributed by atoms with Crippen molar-refractivity contribution < 1.29 is 18.3 Å². The molecule has 1 heterocycles. The number of allylic oxidation sites excluding steroid dienone is 1. The van der Waals surface area contributed by atoms with Crippen molar-refractivity contribution in [1.82, 2.24) is 5.32 Å². The molecule has 2 aromatic rings. The van der Waals surface area contributed by atoms with Gasteiger partial charge in [-0.3, -0.25) is 15.6 Å². The van der Waals surface area contributed by atoms with Crippen LogP contribution in [0.1, 0.15) is 5.56 Å². The van der Waals surface area contributed by atoms with Gasteiger partial charge in [-0.05, 0) is 57.8 Å². The third-order valence-corrected chi connectivity index (χ3v) is 4.31. The van der Waals surface area contributed by atoms with E-state index in [1.165, 1.54) is 23.5 Å². The van der Waals surface area contributed by atoms with E-state index in [1.54, 1.807) is 46.9 Å². The molecule has 0 saturated carbocycles. The zero-order valence-electron chi connectivity index (χ0n) is 12.8. The van der Waals surface area contributed by atoms with Crippen molar-refractivity contribution in [2.45, 2.75) is 6.61 Å². The highest BCUT2D eigenvalue weighted by molar-refractivity contribution is 14.1. The van der Waals surface area contributed by atoms with Crippen LogP contribution in [0.3, 0.4) is 0 Å². The van der Waals surface area contributed by atoms with Gasteiger partial charge in [-0.2, -0.15) is 0 Å². The normalized spacial score (nSPS) is 12.1. The topological polar surface area (TPSA) is 62.7 Å². The van der Waals surface area contributed by atoms with Gasteiger partial charge >= 0.3 is 6.03 Å². The van der Waals surface area contributed by atoms with Crippen molar-refractivity contribution in [2.24, 2.45) is 4.99 Å². The lowest BCUT2D eigenvalue weighted by molar-refractivity contribution is 0.129. The highest BCUT2D eigenvalue weighted by Gasteiger charge is 2.07. The van der Waals surface area contributed by atoms with Gasteiger partial charge in [-0.15, -0.1) is 11.3 Å². The van der Waals surface area contributed by atoms with E-state index in [-0.39, 0.29) is 22.9 Å². The van der Waals surface area contributed by atoms with Gasteiger partial charge in [-0.25, -0.2) is 13.6 Å². The fourth-order valence-corrected chi connectivity index (χ4v) is 2.62. The largest absolute Gasteiger partial charge is 0.355 e. The number of anilines is 1. The number of carbonyl (C=O) groups excluding carboxylic acids is 1. The first kappa shape index (κ1) is 19.5. The van der Waals surface area contributed by atoms with Gasteiger partial charge in [0.2, 0.25) is 0 Å². The number of hydrogen-bond acceptors (Lipinski definition) is 4. The SMILES string of the molecule is O=C(N/C(I)=C(\F)C=NCOCc1ccc(F)cc1)Nc1cccs1. The third kappa shape index (κ3) is 7.28. The highest BCUT2D eigenvalue weighted by atomic mass is 127. The van der Waals surface area contributed by atoms with Crippen LogP contribution in [-0.4, -0.2) is 19.0 Å². The van der Waals surface area contributed by atoms with Crippen LogP contribution in [0.4, 0.5) is 18.6 Å². The minimum Gasteiger partial charge on any atom is -0.355 e. The van der Waals surface area contributed by atoms with Gasteiger partial charge in [0.15, 0.2) is 5.83 Å². The lowest BCUT2D eigenvalue weighted by Gasteiger charge is -2.05. The van der Waals surface area contributed by atoms with E-state index in [0.29, 0.717) is 5.00 Å². The Balaban J connectivity index is 1.73. The third-order valence-electron chi connectivity index (χ3n) is 2.74. The molecule has 0 spiro atoms. The number of halogens is 3. The molecule has 0 saturated heterocycles. The van der Waals surface area contributed by atoms with E-state index in [4.69, 9.17) is 4.74 Å². The molecule has 5 nitrogen and oxygen atoms in total. The second-order valence-electron chi connectivity index (χ2n) is 4.63. The van der Waals surface area contributed by atoms with Crippen molar-refractivity contribution in [2.75, 3.05) is 12.0 Å². The number of carbonyl (C=O) groups is 1. The molecule has 0 aliphatic carbocycles. The van der Waals surface area contributed by atoms with Gasteiger partial charge in [-0.1, -0.05) is 12.1 Å². The lowest BCUT2D eigenvalue weighted by Crippen LogP contribution is -2.26. The predicted octanol–water partition coefficient (Wildman–Crippen LogP) is 4.83. The molecule has 1 aromatic carbocycles. The summed E-state index contributed by atoms with van der Waals surface area (Å²) in [6.45, 7) is 0.178. The number of thiophene rings is 1. The standard InChI is InChI=1S/C16H14F2IN3O2S/c17-12-5-3-11(4-6-12)9-24-10-20-8-13(18)15(19)22-16(23)21-14-2-1-7-25-14/h1-8H,9-10H2,(H2,21,22,23)/b15-13-,20-8?. The summed E-state index contributed by atoms with van der Waals surface area (Å²) in [7, 11) is 0. The number of aliphatic imine (C=N–C) groups is 1. The monoisotopic (exact) mass is 477 g/mol. The first-order valence-electron chi connectivity index (χ1n) is 7.03. The van der Waals surface area contributed by atoms with E-state index in [0.717, 1.165) is 11.8 Å². The quantitative estimate of drug-likeness (QED) is 0.260. The first-order chi connectivity index (χ1) is 12.0. The molecular formula is C16H14F2IN3O2S. The summed E-state index contributed by atoms with van der Waals surface area (Å²) in [5.74, 6) is -1.01.